The first-order chi connectivity index (χ1) is 7.47. The molecule has 0 aliphatic rings. The Morgan fingerprint density at radius 2 is 1.69 bits per heavy atom. The summed E-state index contributed by atoms with van der Waals surface area (Å²) in [5.41, 5.74) is -0.579. The van der Waals surface area contributed by atoms with E-state index in [9.17, 15) is 14.4 Å². The summed E-state index contributed by atoms with van der Waals surface area (Å²) in [4.78, 5) is 32.8. The maximum atomic E-state index is 11.3. The number of rotatable bonds is 3. The Balaban J connectivity index is 3.36. The highest BCUT2D eigenvalue weighted by Crippen LogP contribution is 2.12. The zero-order valence-electron chi connectivity index (χ0n) is 8.35. The van der Waals surface area contributed by atoms with Crippen LogP contribution in [-0.2, 0) is 0 Å². The van der Waals surface area contributed by atoms with Crippen LogP contribution in [0.25, 0.3) is 0 Å². The van der Waals surface area contributed by atoms with E-state index in [4.69, 9.17) is 10.2 Å². The molecule has 84 valence electrons. The SMILES string of the molecule is CNC(=O)c1ccc(C(=O)O)cc1C(=O)O. The molecule has 1 rings (SSSR count). The molecule has 0 atom stereocenters. The van der Waals surface area contributed by atoms with Gasteiger partial charge in [0.15, 0.2) is 0 Å². The number of carboxylic acid groups (broad SMARTS) is 2. The van der Waals surface area contributed by atoms with Crippen molar-refractivity contribution in [2.24, 2.45) is 0 Å². The summed E-state index contributed by atoms with van der Waals surface area (Å²) in [5, 5.41) is 19.8. The molecule has 6 heteroatoms. The van der Waals surface area contributed by atoms with Crippen LogP contribution in [0, 0.1) is 0 Å². The second-order valence-electron chi connectivity index (χ2n) is 2.95. The Kier molecular flexibility index (Phi) is 3.24. The number of hydrogen-bond acceptors (Lipinski definition) is 3. The van der Waals surface area contributed by atoms with Gasteiger partial charge >= 0.3 is 11.9 Å². The van der Waals surface area contributed by atoms with Gasteiger partial charge in [0.25, 0.3) is 5.91 Å². The molecule has 0 unspecified atom stereocenters. The van der Waals surface area contributed by atoms with Gasteiger partial charge < -0.3 is 15.5 Å². The van der Waals surface area contributed by atoms with Crippen molar-refractivity contribution in [1.82, 2.24) is 5.32 Å². The molecule has 0 fully saturated rings. The van der Waals surface area contributed by atoms with Crippen molar-refractivity contribution in [2.45, 2.75) is 0 Å². The monoisotopic (exact) mass is 223 g/mol. The minimum atomic E-state index is -1.35. The van der Waals surface area contributed by atoms with E-state index in [0.29, 0.717) is 0 Å². The van der Waals surface area contributed by atoms with E-state index in [-0.39, 0.29) is 16.7 Å². The molecule has 0 aliphatic carbocycles. The van der Waals surface area contributed by atoms with Crippen molar-refractivity contribution in [3.63, 3.8) is 0 Å². The molecule has 0 saturated carbocycles. The van der Waals surface area contributed by atoms with Gasteiger partial charge in [0, 0.05) is 7.05 Å². The van der Waals surface area contributed by atoms with Crippen molar-refractivity contribution in [3.05, 3.63) is 34.9 Å². The zero-order valence-corrected chi connectivity index (χ0v) is 8.35. The second kappa shape index (κ2) is 4.43. The van der Waals surface area contributed by atoms with Crippen molar-refractivity contribution in [2.75, 3.05) is 7.05 Å². The Hall–Kier alpha value is -2.37. The van der Waals surface area contributed by atoms with Gasteiger partial charge in [0.1, 0.15) is 0 Å². The molecular formula is C10H9NO5. The fraction of sp³-hybridized carbons (Fsp3) is 0.100. The molecular weight excluding hydrogens is 214 g/mol. The Bertz CT molecular complexity index is 466. The number of carbonyl (C=O) groups is 3. The number of benzene rings is 1. The fourth-order valence-electron chi connectivity index (χ4n) is 1.19. The van der Waals surface area contributed by atoms with Crippen molar-refractivity contribution in [3.8, 4) is 0 Å². The van der Waals surface area contributed by atoms with Crippen LogP contribution in [-0.4, -0.2) is 35.1 Å². The van der Waals surface area contributed by atoms with Crippen molar-refractivity contribution in [1.29, 1.82) is 0 Å². The smallest absolute Gasteiger partial charge is 0.336 e. The van der Waals surface area contributed by atoms with Crippen LogP contribution in [0.4, 0.5) is 0 Å². The van der Waals surface area contributed by atoms with Crippen LogP contribution < -0.4 is 5.32 Å². The summed E-state index contributed by atoms with van der Waals surface area (Å²) in [6, 6.07) is 3.31. The quantitative estimate of drug-likeness (QED) is 0.689. The normalized spacial score (nSPS) is 9.56. The lowest BCUT2D eigenvalue weighted by Crippen LogP contribution is -2.21. The third-order valence-corrected chi connectivity index (χ3v) is 1.97. The predicted octanol–water partition coefficient (Wildman–Crippen LogP) is 0.443. The van der Waals surface area contributed by atoms with E-state index in [1.165, 1.54) is 19.2 Å². The van der Waals surface area contributed by atoms with Crippen molar-refractivity contribution >= 4 is 17.8 Å². The minimum Gasteiger partial charge on any atom is -0.478 e. The van der Waals surface area contributed by atoms with Gasteiger partial charge in [-0.3, -0.25) is 4.79 Å². The maximum Gasteiger partial charge on any atom is 0.336 e. The van der Waals surface area contributed by atoms with E-state index in [1.54, 1.807) is 0 Å². The lowest BCUT2D eigenvalue weighted by atomic mass is 10.0. The standard InChI is InChI=1S/C10H9NO5/c1-11-8(12)6-3-2-5(9(13)14)4-7(6)10(15)16/h2-4H,1H3,(H,11,12)(H,13,14)(H,15,16). The molecule has 0 saturated heterocycles. The first-order valence-electron chi connectivity index (χ1n) is 4.30. The fourth-order valence-corrected chi connectivity index (χ4v) is 1.19. The van der Waals surface area contributed by atoms with E-state index in [1.807, 2.05) is 0 Å². The second-order valence-corrected chi connectivity index (χ2v) is 2.95. The molecule has 1 amide bonds. The van der Waals surface area contributed by atoms with Gasteiger partial charge in [-0.1, -0.05) is 0 Å². The number of nitrogens with one attached hydrogen (secondary N) is 1. The average molecular weight is 223 g/mol. The first kappa shape index (κ1) is 11.7. The molecule has 6 nitrogen and oxygen atoms in total. The number of hydrogen-bond donors (Lipinski definition) is 3. The first-order valence-corrected chi connectivity index (χ1v) is 4.30. The van der Waals surface area contributed by atoms with Crippen LogP contribution in [0.2, 0.25) is 0 Å². The highest BCUT2D eigenvalue weighted by Gasteiger charge is 2.17. The average Bonchev–Trinajstić information content (AvgIpc) is 2.26. The maximum absolute atomic E-state index is 11.3. The summed E-state index contributed by atoms with van der Waals surface area (Å²) >= 11 is 0. The minimum absolute atomic E-state index is 0.0694. The van der Waals surface area contributed by atoms with Gasteiger partial charge in [-0.25, -0.2) is 9.59 Å². The Labute approximate surface area is 90.5 Å². The summed E-state index contributed by atoms with van der Waals surface area (Å²) in [6.45, 7) is 0. The molecule has 0 bridgehead atoms. The lowest BCUT2D eigenvalue weighted by molar-refractivity contribution is 0.0691. The highest BCUT2D eigenvalue weighted by atomic mass is 16.4. The van der Waals surface area contributed by atoms with Gasteiger partial charge in [-0.15, -0.1) is 0 Å². The largest absolute Gasteiger partial charge is 0.478 e. The number of aromatic carboxylic acids is 2. The van der Waals surface area contributed by atoms with E-state index >= 15 is 0 Å². The van der Waals surface area contributed by atoms with Crippen LogP contribution >= 0.6 is 0 Å². The Morgan fingerprint density at radius 3 is 2.12 bits per heavy atom. The number of carbonyl (C=O) groups excluding carboxylic acids is 1. The molecule has 1 aromatic rings. The van der Waals surface area contributed by atoms with Crippen LogP contribution in [0.1, 0.15) is 31.1 Å². The Morgan fingerprint density at radius 1 is 1.06 bits per heavy atom. The number of carboxylic acids is 2. The molecule has 0 radical (unpaired) electrons. The molecule has 16 heavy (non-hydrogen) atoms. The van der Waals surface area contributed by atoms with Crippen LogP contribution in [0.5, 0.6) is 0 Å². The van der Waals surface area contributed by atoms with Gasteiger partial charge in [0.2, 0.25) is 0 Å². The molecule has 0 heterocycles. The van der Waals surface area contributed by atoms with Gasteiger partial charge in [-0.2, -0.15) is 0 Å². The zero-order chi connectivity index (χ0) is 12.3. The van der Waals surface area contributed by atoms with Crippen LogP contribution in [0.15, 0.2) is 18.2 Å². The topological polar surface area (TPSA) is 104 Å². The number of amides is 1. The summed E-state index contributed by atoms with van der Waals surface area (Å²) in [6.07, 6.45) is 0. The third kappa shape index (κ3) is 2.17. The highest BCUT2D eigenvalue weighted by molar-refractivity contribution is 6.06. The summed E-state index contributed by atoms with van der Waals surface area (Å²) in [7, 11) is 1.36. The molecule has 3 N–H and O–H groups in total. The molecule has 0 spiro atoms. The van der Waals surface area contributed by atoms with E-state index < -0.39 is 17.8 Å². The van der Waals surface area contributed by atoms with Crippen molar-refractivity contribution < 1.29 is 24.6 Å². The summed E-state index contributed by atoms with van der Waals surface area (Å²) < 4.78 is 0. The third-order valence-electron chi connectivity index (χ3n) is 1.97. The molecule has 0 aliphatic heterocycles. The molecule has 1 aromatic carbocycles. The van der Waals surface area contributed by atoms with Gasteiger partial charge in [-0.05, 0) is 18.2 Å². The summed E-state index contributed by atoms with van der Waals surface area (Å²) in [5.74, 6) is -3.16. The lowest BCUT2D eigenvalue weighted by Gasteiger charge is -2.05. The predicted molar refractivity (Wildman–Crippen MR) is 53.8 cm³/mol. The van der Waals surface area contributed by atoms with Crippen LogP contribution in [0.3, 0.4) is 0 Å². The molecule has 0 aromatic heterocycles. The van der Waals surface area contributed by atoms with E-state index in [0.717, 1.165) is 6.07 Å². The van der Waals surface area contributed by atoms with Gasteiger partial charge in [0.05, 0.1) is 16.7 Å². The van der Waals surface area contributed by atoms with E-state index in [2.05, 4.69) is 5.32 Å².